The molecule has 2 rings (SSSR count). The maximum Gasteiger partial charge on any atom is 0.224 e. The van der Waals surface area contributed by atoms with E-state index in [0.29, 0.717) is 19.5 Å². The number of aryl methyl sites for hydroxylation is 2. The molecule has 1 aromatic carbocycles. The van der Waals surface area contributed by atoms with Gasteiger partial charge in [0.25, 0.3) is 0 Å². The SMILES string of the molecule is Cc1cnc(C)c(NCCC(=O)N(C)Cc2ccccc2Br)n1. The van der Waals surface area contributed by atoms with Crippen molar-refractivity contribution < 1.29 is 4.79 Å². The Kier molecular flexibility index (Phi) is 6.10. The summed E-state index contributed by atoms with van der Waals surface area (Å²) in [6.07, 6.45) is 2.15. The van der Waals surface area contributed by atoms with E-state index in [-0.39, 0.29) is 5.91 Å². The fourth-order valence-corrected chi connectivity index (χ4v) is 2.56. The number of rotatable bonds is 6. The van der Waals surface area contributed by atoms with Crippen LogP contribution in [0.2, 0.25) is 0 Å². The number of hydrogen-bond donors (Lipinski definition) is 1. The molecule has 0 aliphatic rings. The lowest BCUT2D eigenvalue weighted by Gasteiger charge is -2.18. The average molecular weight is 377 g/mol. The van der Waals surface area contributed by atoms with E-state index in [2.05, 4.69) is 31.2 Å². The molecule has 23 heavy (non-hydrogen) atoms. The van der Waals surface area contributed by atoms with Crippen molar-refractivity contribution >= 4 is 27.7 Å². The molecule has 1 N–H and O–H groups in total. The van der Waals surface area contributed by atoms with Crippen LogP contribution in [0.3, 0.4) is 0 Å². The van der Waals surface area contributed by atoms with Gasteiger partial charge in [-0.25, -0.2) is 4.98 Å². The molecule has 0 fully saturated rings. The Bertz CT molecular complexity index is 690. The molecule has 1 aromatic heterocycles. The van der Waals surface area contributed by atoms with Crippen molar-refractivity contribution in [2.75, 3.05) is 18.9 Å². The molecule has 122 valence electrons. The minimum Gasteiger partial charge on any atom is -0.368 e. The number of halogens is 1. The summed E-state index contributed by atoms with van der Waals surface area (Å²) in [7, 11) is 1.82. The van der Waals surface area contributed by atoms with Crippen LogP contribution in [-0.4, -0.2) is 34.4 Å². The minimum atomic E-state index is 0.0894. The summed E-state index contributed by atoms with van der Waals surface area (Å²) < 4.78 is 1.02. The summed E-state index contributed by atoms with van der Waals surface area (Å²) in [5, 5.41) is 3.18. The molecule has 0 aliphatic heterocycles. The summed E-state index contributed by atoms with van der Waals surface area (Å²) in [4.78, 5) is 22.6. The molecule has 6 heteroatoms. The first-order chi connectivity index (χ1) is 11.0. The molecule has 0 aliphatic carbocycles. The molecular formula is C17H21BrN4O. The van der Waals surface area contributed by atoms with E-state index >= 15 is 0 Å². The summed E-state index contributed by atoms with van der Waals surface area (Å²) in [6.45, 7) is 4.92. The second-order valence-electron chi connectivity index (χ2n) is 5.46. The molecule has 0 unspecified atom stereocenters. The molecule has 0 atom stereocenters. The fourth-order valence-electron chi connectivity index (χ4n) is 2.15. The van der Waals surface area contributed by atoms with Gasteiger partial charge < -0.3 is 10.2 Å². The Morgan fingerprint density at radius 1 is 1.30 bits per heavy atom. The Labute approximate surface area is 145 Å². The van der Waals surface area contributed by atoms with E-state index in [0.717, 1.165) is 27.2 Å². The van der Waals surface area contributed by atoms with Gasteiger partial charge >= 0.3 is 0 Å². The first-order valence-corrected chi connectivity index (χ1v) is 8.28. The van der Waals surface area contributed by atoms with E-state index < -0.39 is 0 Å². The monoisotopic (exact) mass is 376 g/mol. The minimum absolute atomic E-state index is 0.0894. The standard InChI is InChI=1S/C17H21BrN4O/c1-12-10-20-13(2)17(21-12)19-9-8-16(23)22(3)11-14-6-4-5-7-15(14)18/h4-7,10H,8-9,11H2,1-3H3,(H,19,21). The molecule has 2 aromatic rings. The van der Waals surface area contributed by atoms with Gasteiger partial charge in [-0.15, -0.1) is 0 Å². The quantitative estimate of drug-likeness (QED) is 0.839. The lowest BCUT2D eigenvalue weighted by molar-refractivity contribution is -0.130. The molecule has 0 spiro atoms. The van der Waals surface area contributed by atoms with Crippen LogP contribution < -0.4 is 5.32 Å². The zero-order valence-corrected chi connectivity index (χ0v) is 15.2. The van der Waals surface area contributed by atoms with Gasteiger partial charge in [-0.1, -0.05) is 34.1 Å². The van der Waals surface area contributed by atoms with E-state index in [4.69, 9.17) is 0 Å². The molecule has 0 saturated carbocycles. The maximum atomic E-state index is 12.2. The van der Waals surface area contributed by atoms with Gasteiger partial charge in [-0.05, 0) is 25.5 Å². The van der Waals surface area contributed by atoms with Gasteiger partial charge in [0.2, 0.25) is 5.91 Å². The third kappa shape index (κ3) is 5.03. The van der Waals surface area contributed by atoms with Crippen LogP contribution in [0.1, 0.15) is 23.4 Å². The van der Waals surface area contributed by atoms with Crippen molar-refractivity contribution in [1.82, 2.24) is 14.9 Å². The van der Waals surface area contributed by atoms with Gasteiger partial charge in [-0.3, -0.25) is 9.78 Å². The van der Waals surface area contributed by atoms with Crippen LogP contribution >= 0.6 is 15.9 Å². The smallest absolute Gasteiger partial charge is 0.224 e. The van der Waals surface area contributed by atoms with Gasteiger partial charge in [0.1, 0.15) is 5.82 Å². The molecule has 0 radical (unpaired) electrons. The number of amides is 1. The van der Waals surface area contributed by atoms with Crippen LogP contribution in [-0.2, 0) is 11.3 Å². The van der Waals surface area contributed by atoms with Crippen molar-refractivity contribution in [2.45, 2.75) is 26.8 Å². The normalized spacial score (nSPS) is 10.4. The Morgan fingerprint density at radius 3 is 2.78 bits per heavy atom. The summed E-state index contributed by atoms with van der Waals surface area (Å²) in [6, 6.07) is 7.93. The molecular weight excluding hydrogens is 356 g/mol. The number of benzene rings is 1. The van der Waals surface area contributed by atoms with E-state index in [1.165, 1.54) is 0 Å². The summed E-state index contributed by atoms with van der Waals surface area (Å²) >= 11 is 3.51. The number of carbonyl (C=O) groups excluding carboxylic acids is 1. The molecule has 0 bridgehead atoms. The number of aromatic nitrogens is 2. The maximum absolute atomic E-state index is 12.2. The van der Waals surface area contributed by atoms with Crippen molar-refractivity contribution in [2.24, 2.45) is 0 Å². The van der Waals surface area contributed by atoms with E-state index in [9.17, 15) is 4.79 Å². The number of anilines is 1. The van der Waals surface area contributed by atoms with Crippen LogP contribution in [0.25, 0.3) is 0 Å². The third-order valence-electron chi connectivity index (χ3n) is 3.50. The van der Waals surface area contributed by atoms with Crippen LogP contribution in [0.4, 0.5) is 5.82 Å². The molecule has 1 heterocycles. The topological polar surface area (TPSA) is 58.1 Å². The predicted octanol–water partition coefficient (Wildman–Crippen LogP) is 3.32. The molecule has 1 amide bonds. The zero-order chi connectivity index (χ0) is 16.8. The van der Waals surface area contributed by atoms with Crippen molar-refractivity contribution in [3.05, 3.63) is 51.9 Å². The van der Waals surface area contributed by atoms with Gasteiger partial charge in [0.15, 0.2) is 0 Å². The van der Waals surface area contributed by atoms with Crippen LogP contribution in [0.15, 0.2) is 34.9 Å². The number of carbonyl (C=O) groups is 1. The highest BCUT2D eigenvalue weighted by Crippen LogP contribution is 2.17. The molecule has 5 nitrogen and oxygen atoms in total. The summed E-state index contributed by atoms with van der Waals surface area (Å²) in [5.74, 6) is 0.831. The first-order valence-electron chi connectivity index (χ1n) is 7.49. The largest absolute Gasteiger partial charge is 0.368 e. The summed E-state index contributed by atoms with van der Waals surface area (Å²) in [5.41, 5.74) is 2.79. The predicted molar refractivity (Wildman–Crippen MR) is 95.2 cm³/mol. The fraction of sp³-hybridized carbons (Fsp3) is 0.353. The lowest BCUT2D eigenvalue weighted by Crippen LogP contribution is -2.28. The zero-order valence-electron chi connectivity index (χ0n) is 13.6. The molecule has 0 saturated heterocycles. The number of hydrogen-bond acceptors (Lipinski definition) is 4. The third-order valence-corrected chi connectivity index (χ3v) is 4.27. The van der Waals surface area contributed by atoms with E-state index in [1.807, 2.05) is 45.2 Å². The second-order valence-corrected chi connectivity index (χ2v) is 6.32. The highest BCUT2D eigenvalue weighted by Gasteiger charge is 2.11. The van der Waals surface area contributed by atoms with Gasteiger partial charge in [-0.2, -0.15) is 0 Å². The van der Waals surface area contributed by atoms with Crippen LogP contribution in [0.5, 0.6) is 0 Å². The van der Waals surface area contributed by atoms with Gasteiger partial charge in [0.05, 0.1) is 11.4 Å². The van der Waals surface area contributed by atoms with E-state index in [1.54, 1.807) is 11.1 Å². The van der Waals surface area contributed by atoms with Crippen molar-refractivity contribution in [3.63, 3.8) is 0 Å². The van der Waals surface area contributed by atoms with Crippen molar-refractivity contribution in [1.29, 1.82) is 0 Å². The van der Waals surface area contributed by atoms with Gasteiger partial charge in [0, 0.05) is 37.2 Å². The second kappa shape index (κ2) is 8.06. The lowest BCUT2D eigenvalue weighted by atomic mass is 10.2. The number of nitrogens with one attached hydrogen (secondary N) is 1. The Morgan fingerprint density at radius 2 is 2.04 bits per heavy atom. The number of nitrogens with zero attached hydrogens (tertiary/aromatic N) is 3. The average Bonchev–Trinajstić information content (AvgIpc) is 2.52. The van der Waals surface area contributed by atoms with Crippen LogP contribution in [0, 0.1) is 13.8 Å². The highest BCUT2D eigenvalue weighted by molar-refractivity contribution is 9.10. The van der Waals surface area contributed by atoms with Crippen molar-refractivity contribution in [3.8, 4) is 0 Å². The Balaban J connectivity index is 1.84. The highest BCUT2D eigenvalue weighted by atomic mass is 79.9. The first kappa shape index (κ1) is 17.4. The Hall–Kier alpha value is -1.95.